The van der Waals surface area contributed by atoms with Crippen LogP contribution in [0.3, 0.4) is 0 Å². The van der Waals surface area contributed by atoms with Crippen molar-refractivity contribution in [1.29, 1.82) is 5.26 Å². The fourth-order valence-electron chi connectivity index (χ4n) is 5.89. The standard InChI is InChI=1S/C30H37ClN4O4/c1-3-20-10-11-33-30(34-26-9-5-19(14-32)4-8-25(26)31)18(2)28(20)39-29-21-12-23(36)13-22(29)16-35(15-21)27(37)17-38-24-6-7-24/h4-5,9-11,20-24,29,36H,3,6-8,12-13,15-17H2,1-2H3,(H,33,34). The quantitative estimate of drug-likeness (QED) is 0.483. The number of aliphatic imine (C=N–C) groups is 1. The van der Waals surface area contributed by atoms with Crippen LogP contribution in [-0.2, 0) is 14.3 Å². The summed E-state index contributed by atoms with van der Waals surface area (Å²) >= 11 is 6.55. The fourth-order valence-corrected chi connectivity index (χ4v) is 6.08. The van der Waals surface area contributed by atoms with E-state index >= 15 is 0 Å². The first-order valence-electron chi connectivity index (χ1n) is 14.0. The number of hydrogen-bond donors (Lipinski definition) is 2. The van der Waals surface area contributed by atoms with Crippen molar-refractivity contribution >= 4 is 23.3 Å². The molecule has 2 aliphatic heterocycles. The summed E-state index contributed by atoms with van der Waals surface area (Å²) in [6.07, 6.45) is 13.6. The average molecular weight is 553 g/mol. The smallest absolute Gasteiger partial charge is 0.248 e. The number of rotatable bonds is 7. The molecule has 5 aliphatic rings. The van der Waals surface area contributed by atoms with Crippen LogP contribution in [0.5, 0.6) is 0 Å². The Hall–Kier alpha value is -2.86. The Bertz CT molecular complexity index is 1190. The predicted molar refractivity (Wildman–Crippen MR) is 149 cm³/mol. The van der Waals surface area contributed by atoms with E-state index in [0.29, 0.717) is 54.5 Å². The zero-order valence-corrected chi connectivity index (χ0v) is 23.4. The van der Waals surface area contributed by atoms with Crippen molar-refractivity contribution in [3.05, 3.63) is 58.1 Å². The molecule has 3 aliphatic carbocycles. The number of ether oxygens (including phenoxy) is 2. The van der Waals surface area contributed by atoms with E-state index in [-0.39, 0.29) is 48.6 Å². The SMILES string of the molecule is CCC1C=CN=C(NC2=C(Cl)CC=C(C#N)C=C2)C(C)=C1OC1C2CC(O)CC1CN(C(=O)COC1CC1)C2. The lowest BCUT2D eigenvalue weighted by molar-refractivity contribution is -0.151. The minimum atomic E-state index is -0.382. The molecule has 0 radical (unpaired) electrons. The molecule has 2 heterocycles. The molecule has 208 valence electrons. The van der Waals surface area contributed by atoms with E-state index in [9.17, 15) is 15.2 Å². The van der Waals surface area contributed by atoms with Gasteiger partial charge in [0.05, 0.1) is 24.0 Å². The molecular formula is C30H37ClN4O4. The van der Waals surface area contributed by atoms with Crippen LogP contribution in [0, 0.1) is 29.1 Å². The highest BCUT2D eigenvalue weighted by atomic mass is 35.5. The van der Waals surface area contributed by atoms with E-state index in [1.165, 1.54) is 0 Å². The number of aliphatic hydroxyl groups excluding tert-OH is 1. The molecule has 0 spiro atoms. The van der Waals surface area contributed by atoms with Gasteiger partial charge in [-0.3, -0.25) is 4.79 Å². The molecule has 0 aromatic carbocycles. The topological polar surface area (TPSA) is 107 Å². The number of piperidine rings is 1. The van der Waals surface area contributed by atoms with Crippen molar-refractivity contribution in [3.8, 4) is 6.07 Å². The minimum Gasteiger partial charge on any atom is -0.493 e. The Balaban J connectivity index is 1.35. The number of likely N-dealkylation sites (tertiary alicyclic amines) is 1. The van der Waals surface area contributed by atoms with Gasteiger partial charge in [0.15, 0.2) is 0 Å². The molecule has 1 saturated heterocycles. The van der Waals surface area contributed by atoms with Crippen LogP contribution < -0.4 is 5.32 Å². The fraction of sp³-hybridized carbons (Fsp3) is 0.567. The van der Waals surface area contributed by atoms with E-state index in [0.717, 1.165) is 30.6 Å². The molecule has 3 fully saturated rings. The molecule has 5 rings (SSSR count). The van der Waals surface area contributed by atoms with E-state index in [4.69, 9.17) is 21.1 Å². The molecule has 8 nitrogen and oxygen atoms in total. The third-order valence-corrected chi connectivity index (χ3v) is 8.56. The molecule has 39 heavy (non-hydrogen) atoms. The summed E-state index contributed by atoms with van der Waals surface area (Å²) in [5.74, 6) is 1.65. The molecule has 1 amide bonds. The Morgan fingerprint density at radius 3 is 2.69 bits per heavy atom. The van der Waals surface area contributed by atoms with E-state index in [1.807, 2.05) is 11.8 Å². The van der Waals surface area contributed by atoms with Crippen LogP contribution in [0.15, 0.2) is 63.1 Å². The van der Waals surface area contributed by atoms with Crippen LogP contribution in [0.1, 0.15) is 52.4 Å². The number of allylic oxidation sites excluding steroid dienone is 6. The summed E-state index contributed by atoms with van der Waals surface area (Å²) in [6, 6.07) is 2.16. The molecule has 2 N–H and O–H groups in total. The van der Waals surface area contributed by atoms with E-state index in [2.05, 4.69) is 29.4 Å². The number of amidine groups is 1. The van der Waals surface area contributed by atoms with Gasteiger partial charge < -0.3 is 24.8 Å². The third-order valence-electron chi connectivity index (χ3n) is 8.20. The van der Waals surface area contributed by atoms with Crippen LogP contribution in [0.4, 0.5) is 0 Å². The number of nitrogens with zero attached hydrogens (tertiary/aromatic N) is 3. The van der Waals surface area contributed by atoms with Crippen molar-refractivity contribution in [2.75, 3.05) is 19.7 Å². The van der Waals surface area contributed by atoms with Crippen LogP contribution >= 0.6 is 11.6 Å². The summed E-state index contributed by atoms with van der Waals surface area (Å²) in [5, 5.41) is 23.8. The number of nitriles is 1. The Kier molecular flexibility index (Phi) is 8.61. The maximum absolute atomic E-state index is 12.9. The molecule has 2 bridgehead atoms. The predicted octanol–water partition coefficient (Wildman–Crippen LogP) is 4.46. The lowest BCUT2D eigenvalue weighted by Gasteiger charge is -2.49. The first-order valence-corrected chi connectivity index (χ1v) is 14.4. The molecule has 2 saturated carbocycles. The lowest BCUT2D eigenvalue weighted by atomic mass is 9.73. The van der Waals surface area contributed by atoms with Gasteiger partial charge in [-0.05, 0) is 51.2 Å². The zero-order valence-electron chi connectivity index (χ0n) is 22.6. The van der Waals surface area contributed by atoms with Gasteiger partial charge in [0, 0.05) is 59.6 Å². The Morgan fingerprint density at radius 2 is 2.03 bits per heavy atom. The summed E-state index contributed by atoms with van der Waals surface area (Å²) in [6.45, 7) is 5.38. The van der Waals surface area contributed by atoms with Gasteiger partial charge >= 0.3 is 0 Å². The maximum Gasteiger partial charge on any atom is 0.248 e. The third kappa shape index (κ3) is 6.49. The van der Waals surface area contributed by atoms with Gasteiger partial charge in [-0.2, -0.15) is 5.26 Å². The molecule has 3 atom stereocenters. The summed E-state index contributed by atoms with van der Waals surface area (Å²) in [4.78, 5) is 19.4. The number of aliphatic hydroxyl groups is 1. The van der Waals surface area contributed by atoms with Gasteiger partial charge in [-0.1, -0.05) is 30.7 Å². The Morgan fingerprint density at radius 1 is 1.28 bits per heavy atom. The molecule has 0 aromatic heterocycles. The van der Waals surface area contributed by atoms with Crippen LogP contribution in [-0.4, -0.2) is 59.8 Å². The average Bonchev–Trinajstić information content (AvgIpc) is 3.77. The molecule has 3 unspecified atom stereocenters. The van der Waals surface area contributed by atoms with Crippen LogP contribution in [0.2, 0.25) is 0 Å². The second kappa shape index (κ2) is 12.1. The van der Waals surface area contributed by atoms with Crippen molar-refractivity contribution in [2.45, 2.75) is 70.7 Å². The van der Waals surface area contributed by atoms with Gasteiger partial charge in [0.1, 0.15) is 24.3 Å². The number of halogens is 1. The number of carbonyl (C=O) groups excluding carboxylic acids is 1. The summed E-state index contributed by atoms with van der Waals surface area (Å²) < 4.78 is 12.6. The number of carbonyl (C=O) groups is 1. The minimum absolute atomic E-state index is 0.0280. The first kappa shape index (κ1) is 27.7. The maximum atomic E-state index is 12.9. The van der Waals surface area contributed by atoms with Crippen molar-refractivity contribution in [1.82, 2.24) is 10.2 Å². The number of hydrogen-bond acceptors (Lipinski definition) is 7. The molecular weight excluding hydrogens is 516 g/mol. The first-order chi connectivity index (χ1) is 18.9. The summed E-state index contributed by atoms with van der Waals surface area (Å²) in [5.41, 5.74) is 2.15. The lowest BCUT2D eigenvalue weighted by Crippen LogP contribution is -2.57. The number of amides is 1. The normalized spacial score (nSPS) is 30.7. The van der Waals surface area contributed by atoms with Crippen molar-refractivity contribution in [2.24, 2.45) is 22.7 Å². The number of nitrogens with one attached hydrogen (secondary N) is 1. The largest absolute Gasteiger partial charge is 0.493 e. The summed E-state index contributed by atoms with van der Waals surface area (Å²) in [7, 11) is 0. The van der Waals surface area contributed by atoms with Crippen molar-refractivity contribution < 1.29 is 19.4 Å². The second-order valence-electron chi connectivity index (χ2n) is 11.1. The zero-order chi connectivity index (χ0) is 27.5. The molecule has 0 aromatic rings. The van der Waals surface area contributed by atoms with E-state index < -0.39 is 0 Å². The highest BCUT2D eigenvalue weighted by molar-refractivity contribution is 6.30. The van der Waals surface area contributed by atoms with Gasteiger partial charge in [-0.25, -0.2) is 4.99 Å². The molecule has 9 heteroatoms. The number of fused-ring (bicyclic) bond motifs is 2. The highest BCUT2D eigenvalue weighted by Crippen LogP contribution is 2.40. The van der Waals surface area contributed by atoms with E-state index in [1.54, 1.807) is 24.4 Å². The van der Waals surface area contributed by atoms with Gasteiger partial charge in [-0.15, -0.1) is 0 Å². The van der Waals surface area contributed by atoms with Gasteiger partial charge in [0.2, 0.25) is 5.91 Å². The highest BCUT2D eigenvalue weighted by Gasteiger charge is 2.46. The van der Waals surface area contributed by atoms with Crippen molar-refractivity contribution in [3.63, 3.8) is 0 Å². The second-order valence-corrected chi connectivity index (χ2v) is 11.6. The van der Waals surface area contributed by atoms with Crippen LogP contribution in [0.25, 0.3) is 0 Å². The van der Waals surface area contributed by atoms with Gasteiger partial charge in [0.25, 0.3) is 0 Å². The Labute approximate surface area is 235 Å². The monoisotopic (exact) mass is 552 g/mol.